The van der Waals surface area contributed by atoms with Crippen molar-refractivity contribution in [2.45, 2.75) is 193 Å². The highest BCUT2D eigenvalue weighted by Gasteiger charge is 2.68. The van der Waals surface area contributed by atoms with E-state index in [9.17, 15) is 5.26 Å². The summed E-state index contributed by atoms with van der Waals surface area (Å²) < 4.78 is 2.77. The molecule has 3 aliphatic heterocycles. The number of hydrazine groups is 1. The van der Waals surface area contributed by atoms with E-state index in [1.165, 1.54) is 73.0 Å². The minimum absolute atomic E-state index is 0.0622. The number of nitriles is 1. The van der Waals surface area contributed by atoms with Crippen molar-refractivity contribution < 1.29 is 5.32 Å². The van der Waals surface area contributed by atoms with Gasteiger partial charge in [-0.2, -0.15) is 15.3 Å². The number of aromatic nitrogens is 1. The molecule has 6 heteroatoms. The summed E-state index contributed by atoms with van der Waals surface area (Å²) in [5.74, 6) is 1.65. The zero-order valence-electron chi connectivity index (χ0n) is 43.1. The van der Waals surface area contributed by atoms with E-state index in [1.807, 2.05) is 0 Å². The first-order valence-electron chi connectivity index (χ1n) is 27.8. The summed E-state index contributed by atoms with van der Waals surface area (Å²) in [4.78, 5) is 2.98. The second-order valence-corrected chi connectivity index (χ2v) is 25.9. The molecule has 1 aromatic carbocycles. The minimum Gasteiger partial charge on any atom is -0.360 e. The van der Waals surface area contributed by atoms with Crippen molar-refractivity contribution >= 4 is 11.8 Å². The van der Waals surface area contributed by atoms with Gasteiger partial charge in [0.25, 0.3) is 0 Å². The van der Waals surface area contributed by atoms with Gasteiger partial charge in [-0.1, -0.05) is 139 Å². The van der Waals surface area contributed by atoms with Crippen molar-refractivity contribution in [1.29, 1.82) is 5.26 Å². The van der Waals surface area contributed by atoms with Gasteiger partial charge >= 0.3 is 0 Å². The Kier molecular flexibility index (Phi) is 10.4. The van der Waals surface area contributed by atoms with Gasteiger partial charge < -0.3 is 14.8 Å². The summed E-state index contributed by atoms with van der Waals surface area (Å²) in [5, 5.41) is 20.1. The molecule has 1 aromatic heterocycles. The Bertz CT molecular complexity index is 2770. The van der Waals surface area contributed by atoms with Crippen LogP contribution in [0.4, 0.5) is 5.69 Å². The topological polar surface area (TPSA) is 54.6 Å². The highest BCUT2D eigenvalue weighted by Crippen LogP contribution is 2.60. The first kappa shape index (κ1) is 44.5. The third-order valence-corrected chi connectivity index (χ3v) is 19.7. The van der Waals surface area contributed by atoms with Crippen LogP contribution in [0.1, 0.15) is 172 Å². The number of rotatable bonds is 5. The second kappa shape index (κ2) is 16.0. The van der Waals surface area contributed by atoms with E-state index in [0.717, 1.165) is 44.9 Å². The van der Waals surface area contributed by atoms with Gasteiger partial charge in [-0.05, 0) is 146 Å². The van der Waals surface area contributed by atoms with Gasteiger partial charge in [0.1, 0.15) is 6.17 Å². The van der Waals surface area contributed by atoms with Crippen LogP contribution in [0.15, 0.2) is 107 Å². The van der Waals surface area contributed by atoms with Gasteiger partial charge in [0.05, 0.1) is 24.1 Å². The van der Waals surface area contributed by atoms with Gasteiger partial charge in [-0.15, -0.1) is 0 Å². The van der Waals surface area contributed by atoms with Crippen LogP contribution in [0.25, 0.3) is 6.08 Å². The molecule has 69 heavy (non-hydrogen) atoms. The standard InChI is InChI=1S/C63H78N6/c1-61(2,3)41-27-30-54-47(34-41)48-35-42(62(4,5)6)28-31-55(48)67(54)57-36-56(66-52-24-16-13-21-45(52)46-22-14-17-25-53(46)66)40(37-64)32-49(57)59-65-58(68-60(69(59)68)38-18-10-9-11-19-38)39-26-29-44-43-20-12-15-23-50(43)63(7,8)51(44)33-39/h9-11,16,18,20,23-24,27,30,32-35,38-40,44,48,55-60,65H,12-15,17,19,21-22,25-26,28-29,31,36H2,1-8H3/p+1. The molecule has 2 N–H and O–H groups in total. The molecule has 2 saturated heterocycles. The van der Waals surface area contributed by atoms with Crippen molar-refractivity contribution in [3.05, 3.63) is 140 Å². The molecule has 6 nitrogen and oxygen atoms in total. The minimum atomic E-state index is -0.201. The number of allylic oxidation sites excluding steroid dienone is 11. The third-order valence-electron chi connectivity index (χ3n) is 19.7. The average Bonchev–Trinajstić information content (AvgIpc) is 3.54. The number of hydrogen-bond donors (Lipinski definition) is 1. The molecule has 0 radical (unpaired) electrons. The van der Waals surface area contributed by atoms with Crippen molar-refractivity contribution in [2.24, 2.45) is 34.5 Å². The molecule has 360 valence electrons. The quantitative estimate of drug-likeness (QED) is 0.240. The van der Waals surface area contributed by atoms with Crippen molar-refractivity contribution in [2.75, 3.05) is 4.90 Å². The number of benzene rings is 1. The van der Waals surface area contributed by atoms with Crippen LogP contribution in [0.5, 0.6) is 0 Å². The second-order valence-electron chi connectivity index (χ2n) is 25.9. The molecule has 8 aliphatic carbocycles. The van der Waals surface area contributed by atoms with Crippen molar-refractivity contribution in [3.63, 3.8) is 0 Å². The average molecular weight is 920 g/mol. The lowest BCUT2D eigenvalue weighted by molar-refractivity contribution is -0.720. The van der Waals surface area contributed by atoms with E-state index in [0.29, 0.717) is 42.0 Å². The zero-order chi connectivity index (χ0) is 47.3. The van der Waals surface area contributed by atoms with E-state index >= 15 is 0 Å². The Hall–Kier alpha value is -4.41. The largest absolute Gasteiger partial charge is 0.360 e. The maximum atomic E-state index is 11.6. The maximum Gasteiger partial charge on any atom is 0.182 e. The Labute approximate surface area is 414 Å². The number of nitrogens with two attached hydrogens (primary N) is 1. The molecule has 11 aliphatic rings. The van der Waals surface area contributed by atoms with Crippen molar-refractivity contribution in [3.8, 4) is 6.07 Å². The highest BCUT2D eigenvalue weighted by atomic mass is 15.9. The van der Waals surface area contributed by atoms with E-state index in [1.54, 1.807) is 39.1 Å². The molecule has 0 amide bonds. The molecule has 3 fully saturated rings. The number of fused-ring (bicyclic) bond motifs is 10. The van der Waals surface area contributed by atoms with Crippen LogP contribution in [0, 0.1) is 45.8 Å². The van der Waals surface area contributed by atoms with Crippen LogP contribution in [-0.2, 0) is 24.7 Å². The molecule has 4 heterocycles. The molecule has 13 atom stereocenters. The summed E-state index contributed by atoms with van der Waals surface area (Å²) in [6.45, 7) is 19.4. The summed E-state index contributed by atoms with van der Waals surface area (Å²) in [5.41, 5.74) is 18.9. The number of hydrogen-bond acceptors (Lipinski definition) is 4. The fourth-order valence-electron chi connectivity index (χ4n) is 16.3. The Balaban J connectivity index is 0.962. The first-order valence-corrected chi connectivity index (χ1v) is 27.8. The van der Waals surface area contributed by atoms with E-state index < -0.39 is 0 Å². The predicted octanol–water partition coefficient (Wildman–Crippen LogP) is 12.6. The van der Waals surface area contributed by atoms with Gasteiger partial charge in [0.2, 0.25) is 0 Å². The normalized spacial score (nSPS) is 36.9. The summed E-state index contributed by atoms with van der Waals surface area (Å²) in [7, 11) is 0. The molecule has 2 aromatic rings. The zero-order valence-corrected chi connectivity index (χ0v) is 43.1. The summed E-state index contributed by atoms with van der Waals surface area (Å²) >= 11 is 0. The number of nitrogens with zero attached hydrogens (tertiary/aromatic N) is 5. The van der Waals surface area contributed by atoms with Gasteiger partial charge in [0.15, 0.2) is 12.3 Å². The number of quaternary nitrogens is 1. The third kappa shape index (κ3) is 6.85. The van der Waals surface area contributed by atoms with Crippen LogP contribution < -0.4 is 10.2 Å². The fourth-order valence-corrected chi connectivity index (χ4v) is 16.3. The molecule has 0 spiro atoms. The monoisotopic (exact) mass is 920 g/mol. The molecule has 13 rings (SSSR count). The van der Waals surface area contributed by atoms with E-state index in [2.05, 4.69) is 171 Å². The van der Waals surface area contributed by atoms with Crippen LogP contribution in [0.3, 0.4) is 0 Å². The lowest BCUT2D eigenvalue weighted by atomic mass is 9.73. The van der Waals surface area contributed by atoms with E-state index in [-0.39, 0.29) is 40.4 Å². The summed E-state index contributed by atoms with van der Waals surface area (Å²) in [6.07, 6.45) is 44.7. The molecule has 0 bridgehead atoms. The van der Waals surface area contributed by atoms with Gasteiger partial charge in [-0.25, -0.2) is 0 Å². The SMILES string of the molecule is CC(C)(C)C1=CC2c3cc(C(C)(C)C)ccc3N(C3CC(n4c5c(c6c4CCCC6)CCC=C5)C(C#N)C=C3C3[NH2+]C(C4C=C5C(CC4)C4=CCCC=C4C5(C)C)N4C(C5C=CC=CC5)N34)C2CC1. The molecule has 13 unspecified atom stereocenters. The van der Waals surface area contributed by atoms with Crippen LogP contribution >= 0.6 is 0 Å². The Morgan fingerprint density at radius 3 is 2.43 bits per heavy atom. The Morgan fingerprint density at radius 1 is 0.797 bits per heavy atom. The van der Waals surface area contributed by atoms with Crippen molar-refractivity contribution in [1.82, 2.24) is 14.6 Å². The highest BCUT2D eigenvalue weighted by molar-refractivity contribution is 5.68. The maximum absolute atomic E-state index is 11.6. The molecule has 1 saturated carbocycles. The summed E-state index contributed by atoms with van der Waals surface area (Å²) in [6, 6.07) is 11.3. The van der Waals surface area contributed by atoms with E-state index in [4.69, 9.17) is 0 Å². The van der Waals surface area contributed by atoms with Crippen LogP contribution in [-0.4, -0.2) is 45.2 Å². The van der Waals surface area contributed by atoms with Crippen LogP contribution in [0.2, 0.25) is 0 Å². The Morgan fingerprint density at radius 2 is 1.64 bits per heavy atom. The smallest absolute Gasteiger partial charge is 0.182 e. The lowest BCUT2D eigenvalue weighted by Crippen LogP contribution is -2.97. The van der Waals surface area contributed by atoms with Gasteiger partial charge in [0, 0.05) is 57.8 Å². The molecular formula is C63H79N6+. The number of anilines is 1. The first-order chi connectivity index (χ1) is 33.2. The lowest BCUT2D eigenvalue weighted by Gasteiger charge is -2.46. The predicted molar refractivity (Wildman–Crippen MR) is 281 cm³/mol. The molecular weight excluding hydrogens is 841 g/mol. The van der Waals surface area contributed by atoms with Gasteiger partial charge in [-0.3, -0.25) is 0 Å². The fraction of sp³-hybridized carbons (Fsp3) is 0.571.